The lowest BCUT2D eigenvalue weighted by Crippen LogP contribution is -2.42. The number of carboxylic acids is 1. The Bertz CT molecular complexity index is 663. The van der Waals surface area contributed by atoms with Crippen molar-refractivity contribution < 1.29 is 27.9 Å². The lowest BCUT2D eigenvalue weighted by molar-refractivity contribution is -0.137. The van der Waals surface area contributed by atoms with Gasteiger partial charge < -0.3 is 15.2 Å². The zero-order valence-electron chi connectivity index (χ0n) is 16.4. The first kappa shape index (κ1) is 22.8. The van der Waals surface area contributed by atoms with Crippen LogP contribution >= 0.6 is 0 Å². The number of carbonyl (C=O) groups excluding carboxylic acids is 1. The quantitative estimate of drug-likeness (QED) is 0.308. The number of carboxylic acid groups (broad SMARTS) is 1. The van der Waals surface area contributed by atoms with E-state index in [0.29, 0.717) is 25.3 Å². The summed E-state index contributed by atoms with van der Waals surface area (Å²) in [6.45, 7) is 2.01. The predicted molar refractivity (Wildman–Crippen MR) is 105 cm³/mol. The molecule has 1 amide bonds. The van der Waals surface area contributed by atoms with Gasteiger partial charge >= 0.3 is 5.97 Å². The topological polar surface area (TPSA) is 122 Å². The number of amides is 1. The number of ether oxygens (including phenoxy) is 1. The molecule has 3 N–H and O–H groups in total. The molecule has 0 spiro atoms. The number of nitrogens with one attached hydrogen (secondary N) is 2. The van der Waals surface area contributed by atoms with E-state index in [9.17, 15) is 18.0 Å². The Kier molecular flexibility index (Phi) is 8.91. The highest BCUT2D eigenvalue weighted by atomic mass is 32.2. The standard InChI is InChI=1S/C19H32N2O6S/c1-2-11-28(25,26)21-13-18(22)20-12-15-14(16-9-10-17(15)27-16)7-5-3-4-6-8-19(23)24/h3,5,14-17,21H,2,4,6-13H2,1H3,(H,20,22)(H,23,24)/t14-,15+,16-,17+/m1/s1. The van der Waals surface area contributed by atoms with Gasteiger partial charge in [-0.1, -0.05) is 19.1 Å². The normalized spacial score (nSPS) is 26.8. The van der Waals surface area contributed by atoms with Crippen LogP contribution in [0.3, 0.4) is 0 Å². The Morgan fingerprint density at radius 3 is 2.57 bits per heavy atom. The molecule has 2 saturated heterocycles. The summed E-state index contributed by atoms with van der Waals surface area (Å²) in [7, 11) is -3.39. The molecule has 0 saturated carbocycles. The van der Waals surface area contributed by atoms with Gasteiger partial charge in [0.25, 0.3) is 0 Å². The number of unbranched alkanes of at least 4 members (excludes halogenated alkanes) is 1. The number of hydrogen-bond acceptors (Lipinski definition) is 5. The van der Waals surface area contributed by atoms with Crippen molar-refractivity contribution in [1.29, 1.82) is 0 Å². The van der Waals surface area contributed by atoms with E-state index in [1.807, 2.05) is 6.08 Å². The van der Waals surface area contributed by atoms with Gasteiger partial charge in [0.15, 0.2) is 0 Å². The number of allylic oxidation sites excluding steroid dienone is 2. The van der Waals surface area contributed by atoms with Gasteiger partial charge in [0.2, 0.25) is 15.9 Å². The first-order chi connectivity index (χ1) is 13.3. The number of aliphatic carboxylic acids is 1. The molecule has 2 fully saturated rings. The summed E-state index contributed by atoms with van der Waals surface area (Å²) in [5.74, 6) is -0.542. The number of rotatable bonds is 13. The number of carbonyl (C=O) groups is 2. The van der Waals surface area contributed by atoms with Gasteiger partial charge in [-0.25, -0.2) is 13.1 Å². The molecule has 0 aromatic heterocycles. The molecule has 8 nitrogen and oxygen atoms in total. The van der Waals surface area contributed by atoms with E-state index >= 15 is 0 Å². The Balaban J connectivity index is 1.75. The van der Waals surface area contributed by atoms with E-state index in [-0.39, 0.29) is 42.8 Å². The van der Waals surface area contributed by atoms with Crippen molar-refractivity contribution in [3.63, 3.8) is 0 Å². The number of sulfonamides is 1. The monoisotopic (exact) mass is 416 g/mol. The minimum Gasteiger partial charge on any atom is -0.481 e. The largest absolute Gasteiger partial charge is 0.481 e. The SMILES string of the molecule is CCCS(=O)(=O)NCC(=O)NC[C@H]1[C@@H](CC=CCCCC(=O)O)[C@H]2CC[C@@H]1O2. The fourth-order valence-electron chi connectivity index (χ4n) is 4.03. The maximum Gasteiger partial charge on any atom is 0.303 e. The van der Waals surface area contributed by atoms with Crippen molar-refractivity contribution in [1.82, 2.24) is 10.0 Å². The van der Waals surface area contributed by atoms with Crippen LogP contribution in [-0.4, -0.2) is 56.5 Å². The highest BCUT2D eigenvalue weighted by Gasteiger charge is 2.47. The molecule has 28 heavy (non-hydrogen) atoms. The van der Waals surface area contributed by atoms with Gasteiger partial charge in [0, 0.05) is 18.9 Å². The Labute approximate surface area is 167 Å². The van der Waals surface area contributed by atoms with E-state index in [0.717, 1.165) is 25.7 Å². The van der Waals surface area contributed by atoms with Gasteiger partial charge in [0.05, 0.1) is 24.5 Å². The van der Waals surface area contributed by atoms with Crippen molar-refractivity contribution in [2.24, 2.45) is 11.8 Å². The smallest absolute Gasteiger partial charge is 0.303 e. The van der Waals surface area contributed by atoms with Gasteiger partial charge in [-0.15, -0.1) is 0 Å². The van der Waals surface area contributed by atoms with Crippen molar-refractivity contribution in [2.45, 2.75) is 64.1 Å². The molecule has 0 radical (unpaired) electrons. The minimum atomic E-state index is -3.39. The van der Waals surface area contributed by atoms with E-state index in [2.05, 4.69) is 16.1 Å². The van der Waals surface area contributed by atoms with Crippen LogP contribution in [0.25, 0.3) is 0 Å². The zero-order valence-corrected chi connectivity index (χ0v) is 17.2. The second-order valence-corrected chi connectivity index (χ2v) is 9.48. The molecule has 160 valence electrons. The Hall–Kier alpha value is -1.45. The molecular weight excluding hydrogens is 384 g/mol. The maximum atomic E-state index is 12.0. The Morgan fingerprint density at radius 1 is 1.18 bits per heavy atom. The van der Waals surface area contributed by atoms with E-state index < -0.39 is 16.0 Å². The lowest BCUT2D eigenvalue weighted by Gasteiger charge is -2.27. The van der Waals surface area contributed by atoms with Crippen molar-refractivity contribution in [3.05, 3.63) is 12.2 Å². The first-order valence-corrected chi connectivity index (χ1v) is 11.7. The van der Waals surface area contributed by atoms with E-state index in [4.69, 9.17) is 9.84 Å². The summed E-state index contributed by atoms with van der Waals surface area (Å²) in [6.07, 6.45) is 9.39. The van der Waals surface area contributed by atoms with Crippen molar-refractivity contribution >= 4 is 21.9 Å². The molecule has 0 aromatic rings. The van der Waals surface area contributed by atoms with Crippen LogP contribution in [0.4, 0.5) is 0 Å². The van der Waals surface area contributed by atoms with Crippen LogP contribution < -0.4 is 10.0 Å². The first-order valence-electron chi connectivity index (χ1n) is 10.1. The fourth-order valence-corrected chi connectivity index (χ4v) is 5.07. The van der Waals surface area contributed by atoms with Gasteiger partial charge in [-0.05, 0) is 44.4 Å². The van der Waals surface area contributed by atoms with Crippen LogP contribution in [0, 0.1) is 11.8 Å². The van der Waals surface area contributed by atoms with Gasteiger partial charge in [-0.2, -0.15) is 0 Å². The third-order valence-electron chi connectivity index (χ3n) is 5.39. The molecule has 2 aliphatic rings. The molecule has 9 heteroatoms. The molecule has 2 heterocycles. The average molecular weight is 417 g/mol. The summed E-state index contributed by atoms with van der Waals surface area (Å²) < 4.78 is 31.6. The third-order valence-corrected chi connectivity index (χ3v) is 6.92. The van der Waals surface area contributed by atoms with Crippen molar-refractivity contribution in [2.75, 3.05) is 18.8 Å². The summed E-state index contributed by atoms with van der Waals surface area (Å²) >= 11 is 0. The van der Waals surface area contributed by atoms with Gasteiger partial charge in [0.1, 0.15) is 0 Å². The third kappa shape index (κ3) is 7.18. The summed E-state index contributed by atoms with van der Waals surface area (Å²) in [6, 6.07) is 0. The number of fused-ring (bicyclic) bond motifs is 2. The van der Waals surface area contributed by atoms with Crippen molar-refractivity contribution in [3.8, 4) is 0 Å². The van der Waals surface area contributed by atoms with Crippen LogP contribution in [0.2, 0.25) is 0 Å². The second-order valence-electron chi connectivity index (χ2n) is 7.56. The van der Waals surface area contributed by atoms with Crippen LogP contribution in [0.5, 0.6) is 0 Å². The molecule has 0 unspecified atom stereocenters. The van der Waals surface area contributed by atoms with Gasteiger partial charge in [-0.3, -0.25) is 9.59 Å². The van der Waals surface area contributed by atoms with Crippen LogP contribution in [0.15, 0.2) is 12.2 Å². The van der Waals surface area contributed by atoms with Crippen LogP contribution in [-0.2, 0) is 24.3 Å². The molecular formula is C19H32N2O6S. The highest BCUT2D eigenvalue weighted by molar-refractivity contribution is 7.89. The zero-order chi connectivity index (χ0) is 20.6. The summed E-state index contributed by atoms with van der Waals surface area (Å²) in [4.78, 5) is 22.5. The second kappa shape index (κ2) is 10.9. The molecule has 0 aliphatic carbocycles. The Morgan fingerprint density at radius 2 is 1.89 bits per heavy atom. The fraction of sp³-hybridized carbons (Fsp3) is 0.789. The lowest BCUT2D eigenvalue weighted by atomic mass is 9.77. The summed E-state index contributed by atoms with van der Waals surface area (Å²) in [5, 5.41) is 11.5. The highest BCUT2D eigenvalue weighted by Crippen LogP contribution is 2.44. The molecule has 0 aromatic carbocycles. The predicted octanol–water partition coefficient (Wildman–Crippen LogP) is 1.43. The van der Waals surface area contributed by atoms with Crippen LogP contribution in [0.1, 0.15) is 51.9 Å². The molecule has 2 bridgehead atoms. The molecule has 2 aliphatic heterocycles. The maximum absolute atomic E-state index is 12.0. The summed E-state index contributed by atoms with van der Waals surface area (Å²) in [5.41, 5.74) is 0. The minimum absolute atomic E-state index is 0.0153. The average Bonchev–Trinajstić information content (AvgIpc) is 3.22. The molecule has 2 rings (SSSR count). The molecule has 4 atom stereocenters. The van der Waals surface area contributed by atoms with E-state index in [1.165, 1.54) is 0 Å². The van der Waals surface area contributed by atoms with E-state index in [1.54, 1.807) is 6.92 Å². The number of hydrogen-bond donors (Lipinski definition) is 3.